The van der Waals surface area contributed by atoms with Crippen molar-refractivity contribution in [2.24, 2.45) is 0 Å². The summed E-state index contributed by atoms with van der Waals surface area (Å²) in [5.41, 5.74) is 4.48. The molecule has 7 heteroatoms. The monoisotopic (exact) mass is 409 g/mol. The van der Waals surface area contributed by atoms with E-state index in [0.29, 0.717) is 5.16 Å². The number of aryl methyl sites for hydroxylation is 3. The molecule has 3 rings (SSSR count). The molecule has 152 valence electrons. The number of benzene rings is 2. The molecule has 0 aliphatic rings. The normalized spacial score (nSPS) is 13.1. The Morgan fingerprint density at radius 2 is 1.90 bits per heavy atom. The quantitative estimate of drug-likeness (QED) is 0.571. The molecule has 0 unspecified atom stereocenters. The predicted octanol–water partition coefficient (Wildman–Crippen LogP) is 3.90. The molecule has 0 aliphatic heterocycles. The molecule has 6 nitrogen and oxygen atoms in total. The van der Waals surface area contributed by atoms with E-state index in [9.17, 15) is 4.79 Å². The molecule has 0 radical (unpaired) electrons. The van der Waals surface area contributed by atoms with E-state index >= 15 is 0 Å². The SMILES string of the molecule is Cc1ccc(-n2nnnc2S[C@@H](C)C(=O)N[C@H](C)CCc2ccccc2)c(C)c1. The van der Waals surface area contributed by atoms with Gasteiger partial charge in [-0.2, -0.15) is 4.68 Å². The number of nitrogens with one attached hydrogen (secondary N) is 1. The number of tetrazole rings is 1. The lowest BCUT2D eigenvalue weighted by Crippen LogP contribution is -2.38. The number of hydrogen-bond acceptors (Lipinski definition) is 5. The van der Waals surface area contributed by atoms with Crippen molar-refractivity contribution in [1.82, 2.24) is 25.5 Å². The van der Waals surface area contributed by atoms with E-state index in [1.54, 1.807) is 4.68 Å². The minimum Gasteiger partial charge on any atom is -0.353 e. The Morgan fingerprint density at radius 1 is 1.14 bits per heavy atom. The summed E-state index contributed by atoms with van der Waals surface area (Å²) in [5, 5.41) is 15.5. The molecule has 0 aliphatic carbocycles. The van der Waals surface area contributed by atoms with Crippen LogP contribution in [0.5, 0.6) is 0 Å². The number of carbonyl (C=O) groups excluding carboxylic acids is 1. The lowest BCUT2D eigenvalue weighted by molar-refractivity contribution is -0.120. The standard InChI is InChI=1S/C22H27N5OS/c1-15-10-13-20(16(2)14-15)27-22(24-25-26-27)29-18(4)21(28)23-17(3)11-12-19-8-6-5-7-9-19/h5-10,13-14,17-18H,11-12H2,1-4H3,(H,23,28)/t17-,18+/m1/s1. The van der Waals surface area contributed by atoms with E-state index < -0.39 is 0 Å². The highest BCUT2D eigenvalue weighted by molar-refractivity contribution is 8.00. The topological polar surface area (TPSA) is 72.7 Å². The summed E-state index contributed by atoms with van der Waals surface area (Å²) in [4.78, 5) is 12.6. The van der Waals surface area contributed by atoms with Crippen molar-refractivity contribution < 1.29 is 4.79 Å². The predicted molar refractivity (Wildman–Crippen MR) is 116 cm³/mol. The molecule has 0 saturated carbocycles. The molecule has 0 bridgehead atoms. The minimum atomic E-state index is -0.301. The van der Waals surface area contributed by atoms with Gasteiger partial charge in [-0.15, -0.1) is 5.10 Å². The number of aromatic nitrogens is 4. The maximum absolute atomic E-state index is 12.6. The molecule has 1 amide bonds. The van der Waals surface area contributed by atoms with Crippen LogP contribution in [0.4, 0.5) is 0 Å². The van der Waals surface area contributed by atoms with E-state index in [4.69, 9.17) is 0 Å². The zero-order chi connectivity index (χ0) is 20.8. The van der Waals surface area contributed by atoms with Crippen molar-refractivity contribution in [2.45, 2.75) is 57.0 Å². The van der Waals surface area contributed by atoms with Crippen molar-refractivity contribution >= 4 is 17.7 Å². The Bertz CT molecular complexity index is 957. The highest BCUT2D eigenvalue weighted by Gasteiger charge is 2.21. The third kappa shape index (κ3) is 5.67. The lowest BCUT2D eigenvalue weighted by Gasteiger charge is -2.17. The van der Waals surface area contributed by atoms with Crippen LogP contribution in [0.2, 0.25) is 0 Å². The van der Waals surface area contributed by atoms with Gasteiger partial charge in [0.2, 0.25) is 11.1 Å². The highest BCUT2D eigenvalue weighted by Crippen LogP contribution is 2.25. The van der Waals surface area contributed by atoms with E-state index in [2.05, 4.69) is 46.0 Å². The fourth-order valence-corrected chi connectivity index (χ4v) is 3.93. The average Bonchev–Trinajstić information content (AvgIpc) is 3.15. The van der Waals surface area contributed by atoms with Crippen molar-refractivity contribution in [3.63, 3.8) is 0 Å². The molecule has 1 aromatic heterocycles. The van der Waals surface area contributed by atoms with Crippen LogP contribution in [0.25, 0.3) is 5.69 Å². The minimum absolute atomic E-state index is 0.00857. The number of carbonyl (C=O) groups is 1. The molecule has 3 aromatic rings. The van der Waals surface area contributed by atoms with Gasteiger partial charge in [0.05, 0.1) is 10.9 Å². The van der Waals surface area contributed by atoms with Gasteiger partial charge in [0, 0.05) is 6.04 Å². The lowest BCUT2D eigenvalue weighted by atomic mass is 10.1. The average molecular weight is 410 g/mol. The van der Waals surface area contributed by atoms with Gasteiger partial charge in [-0.25, -0.2) is 0 Å². The molecule has 1 heterocycles. The van der Waals surface area contributed by atoms with Crippen molar-refractivity contribution in [3.8, 4) is 5.69 Å². The zero-order valence-electron chi connectivity index (χ0n) is 17.3. The Hall–Kier alpha value is -2.67. The van der Waals surface area contributed by atoms with E-state index in [-0.39, 0.29) is 17.2 Å². The molecule has 29 heavy (non-hydrogen) atoms. The summed E-state index contributed by atoms with van der Waals surface area (Å²) >= 11 is 1.36. The smallest absolute Gasteiger partial charge is 0.233 e. The first-order valence-electron chi connectivity index (χ1n) is 9.81. The van der Waals surface area contributed by atoms with Crippen LogP contribution in [-0.2, 0) is 11.2 Å². The first-order valence-corrected chi connectivity index (χ1v) is 10.7. The molecule has 2 atom stereocenters. The van der Waals surface area contributed by atoms with E-state index in [1.165, 1.54) is 22.9 Å². The summed E-state index contributed by atoms with van der Waals surface area (Å²) in [6.07, 6.45) is 1.84. The molecular weight excluding hydrogens is 382 g/mol. The third-order valence-corrected chi connectivity index (χ3v) is 5.80. The second-order valence-corrected chi connectivity index (χ2v) is 8.67. The van der Waals surface area contributed by atoms with Gasteiger partial charge in [-0.05, 0) is 68.2 Å². The van der Waals surface area contributed by atoms with Crippen molar-refractivity contribution in [1.29, 1.82) is 0 Å². The van der Waals surface area contributed by atoms with Crippen molar-refractivity contribution in [2.75, 3.05) is 0 Å². The van der Waals surface area contributed by atoms with E-state index in [1.807, 2.05) is 51.1 Å². The van der Waals surface area contributed by atoms with Crippen LogP contribution >= 0.6 is 11.8 Å². The summed E-state index contributed by atoms with van der Waals surface area (Å²) in [5.74, 6) is -0.00857. The number of nitrogens with zero attached hydrogens (tertiary/aromatic N) is 4. The number of amides is 1. The molecular formula is C22H27N5OS. The van der Waals surface area contributed by atoms with Gasteiger partial charge in [-0.3, -0.25) is 4.79 Å². The second kappa shape index (κ2) is 9.69. The molecule has 0 fully saturated rings. The van der Waals surface area contributed by atoms with Crippen LogP contribution in [0.15, 0.2) is 53.7 Å². The molecule has 2 aromatic carbocycles. The van der Waals surface area contributed by atoms with Gasteiger partial charge in [0.25, 0.3) is 0 Å². The largest absolute Gasteiger partial charge is 0.353 e. The van der Waals surface area contributed by atoms with Crippen LogP contribution in [-0.4, -0.2) is 37.4 Å². The second-order valence-electron chi connectivity index (χ2n) is 7.36. The maximum atomic E-state index is 12.6. The number of thioether (sulfide) groups is 1. The Kier molecular flexibility index (Phi) is 7.04. The van der Waals surface area contributed by atoms with Crippen LogP contribution in [0.3, 0.4) is 0 Å². The van der Waals surface area contributed by atoms with Crippen LogP contribution in [0, 0.1) is 13.8 Å². The highest BCUT2D eigenvalue weighted by atomic mass is 32.2. The fourth-order valence-electron chi connectivity index (χ4n) is 3.12. The van der Waals surface area contributed by atoms with Gasteiger partial charge in [-0.1, -0.05) is 59.8 Å². The zero-order valence-corrected chi connectivity index (χ0v) is 18.1. The first-order chi connectivity index (χ1) is 13.9. The fraction of sp³-hybridized carbons (Fsp3) is 0.364. The Balaban J connectivity index is 1.58. The molecule has 0 saturated heterocycles. The summed E-state index contributed by atoms with van der Waals surface area (Å²) in [6, 6.07) is 16.5. The third-order valence-electron chi connectivity index (χ3n) is 4.77. The van der Waals surface area contributed by atoms with E-state index in [0.717, 1.165) is 24.1 Å². The van der Waals surface area contributed by atoms with Gasteiger partial charge < -0.3 is 5.32 Å². The molecule has 0 spiro atoms. The number of rotatable bonds is 8. The van der Waals surface area contributed by atoms with Gasteiger partial charge in [0.15, 0.2) is 0 Å². The summed E-state index contributed by atoms with van der Waals surface area (Å²) in [7, 11) is 0. The summed E-state index contributed by atoms with van der Waals surface area (Å²) < 4.78 is 1.70. The van der Waals surface area contributed by atoms with Crippen LogP contribution < -0.4 is 5.32 Å². The first kappa shape index (κ1) is 21.0. The summed E-state index contributed by atoms with van der Waals surface area (Å²) in [6.45, 7) is 8.00. The van der Waals surface area contributed by atoms with Crippen LogP contribution in [0.1, 0.15) is 37.0 Å². The Morgan fingerprint density at radius 3 is 2.62 bits per heavy atom. The number of hydrogen-bond donors (Lipinski definition) is 1. The Labute approximate surface area is 176 Å². The van der Waals surface area contributed by atoms with Gasteiger partial charge in [0.1, 0.15) is 0 Å². The molecule has 1 N–H and O–H groups in total. The van der Waals surface area contributed by atoms with Crippen molar-refractivity contribution in [3.05, 3.63) is 65.2 Å². The maximum Gasteiger partial charge on any atom is 0.233 e. The van der Waals surface area contributed by atoms with Gasteiger partial charge >= 0.3 is 0 Å².